The van der Waals surface area contributed by atoms with Crippen LogP contribution in [0, 0.1) is 0 Å². The number of hydrogen-bond donors (Lipinski definition) is 2. The summed E-state index contributed by atoms with van der Waals surface area (Å²) in [5.74, 6) is 0.902. The lowest BCUT2D eigenvalue weighted by Gasteiger charge is -2.37. The molecular weight excluding hydrogens is 510 g/mol. The number of anilines is 2. The first kappa shape index (κ1) is 29.4. The Balaban J connectivity index is 1.60. The minimum absolute atomic E-state index is 0.0219. The molecule has 218 valence electrons. The van der Waals surface area contributed by atoms with Crippen molar-refractivity contribution in [3.63, 3.8) is 0 Å². The number of benzene rings is 1. The van der Waals surface area contributed by atoms with Gasteiger partial charge in [0.1, 0.15) is 30.0 Å². The molecule has 10 heteroatoms. The van der Waals surface area contributed by atoms with Gasteiger partial charge in [0.25, 0.3) is 0 Å². The van der Waals surface area contributed by atoms with Crippen LogP contribution in [0.5, 0.6) is 5.75 Å². The molecule has 4 rings (SSSR count). The number of hydrogen-bond acceptors (Lipinski definition) is 9. The Kier molecular flexibility index (Phi) is 8.46. The first-order valence-electron chi connectivity index (χ1n) is 14.1. The van der Waals surface area contributed by atoms with Crippen LogP contribution in [-0.2, 0) is 26.1 Å². The smallest absolute Gasteiger partial charge is 0.407 e. The Morgan fingerprint density at radius 1 is 1.15 bits per heavy atom. The van der Waals surface area contributed by atoms with Crippen LogP contribution < -0.4 is 20.7 Å². The number of nitrogens with one attached hydrogen (secondary N) is 1. The Bertz CT molecular complexity index is 1250. The van der Waals surface area contributed by atoms with Gasteiger partial charge < -0.3 is 30.2 Å². The summed E-state index contributed by atoms with van der Waals surface area (Å²) < 4.78 is 17.3. The maximum atomic E-state index is 12.5. The number of carbonyl (C=O) groups is 2. The summed E-state index contributed by atoms with van der Waals surface area (Å²) in [5.41, 5.74) is 10.1. The van der Waals surface area contributed by atoms with E-state index in [0.29, 0.717) is 18.8 Å². The number of rotatable bonds is 7. The van der Waals surface area contributed by atoms with Crippen molar-refractivity contribution in [1.29, 1.82) is 0 Å². The molecule has 0 bridgehead atoms. The molecule has 0 saturated heterocycles. The van der Waals surface area contributed by atoms with Crippen molar-refractivity contribution in [3.05, 3.63) is 29.6 Å². The standard InChI is InChI=1S/C30H43N5O5/c1-8-38-23(36)16-35(7)26-21-15-30(5,6)24-25(32-17-33-27(24)31)20(21)13-14-22(26)39-19-11-9-18(10-12-19)34-28(37)40-29(2,3)4/h13-14,17-19H,8-12,15-16H2,1-7H3,(H,34,37)(H2,31,32,33)/t18-,19+. The minimum Gasteiger partial charge on any atom is -0.488 e. The van der Waals surface area contributed by atoms with E-state index in [1.165, 1.54) is 6.33 Å². The number of nitrogen functional groups attached to an aromatic ring is 1. The molecule has 0 unspecified atom stereocenters. The molecule has 1 aromatic carbocycles. The molecule has 1 fully saturated rings. The molecule has 3 N–H and O–H groups in total. The van der Waals surface area contributed by atoms with Gasteiger partial charge in [-0.25, -0.2) is 14.8 Å². The molecule has 0 aliphatic heterocycles. The van der Waals surface area contributed by atoms with Crippen molar-refractivity contribution in [2.45, 2.75) is 96.8 Å². The SMILES string of the molecule is CCOC(=O)CN(C)c1c(O[C@H]2CC[C@@H](NC(=O)OC(C)(C)C)CC2)ccc2c1CC(C)(C)c1c(N)ncnc1-2. The monoisotopic (exact) mass is 553 g/mol. The maximum absolute atomic E-state index is 12.5. The largest absolute Gasteiger partial charge is 0.488 e. The van der Waals surface area contributed by atoms with Crippen molar-refractivity contribution < 1.29 is 23.8 Å². The molecular formula is C30H43N5O5. The Morgan fingerprint density at radius 3 is 2.50 bits per heavy atom. The molecule has 0 radical (unpaired) electrons. The fraction of sp³-hybridized carbons (Fsp3) is 0.600. The van der Waals surface area contributed by atoms with E-state index in [1.54, 1.807) is 6.92 Å². The molecule has 40 heavy (non-hydrogen) atoms. The van der Waals surface area contributed by atoms with Crippen LogP contribution >= 0.6 is 0 Å². The summed E-state index contributed by atoms with van der Waals surface area (Å²) >= 11 is 0. The summed E-state index contributed by atoms with van der Waals surface area (Å²) in [7, 11) is 1.89. The summed E-state index contributed by atoms with van der Waals surface area (Å²) in [6.07, 6.45) is 4.93. The highest BCUT2D eigenvalue weighted by molar-refractivity contribution is 5.85. The fourth-order valence-corrected chi connectivity index (χ4v) is 5.79. The van der Waals surface area contributed by atoms with Gasteiger partial charge in [-0.05, 0) is 82.9 Å². The van der Waals surface area contributed by atoms with Gasteiger partial charge in [0.15, 0.2) is 0 Å². The molecule has 10 nitrogen and oxygen atoms in total. The second-order valence-corrected chi connectivity index (χ2v) is 12.4. The highest BCUT2D eigenvalue weighted by atomic mass is 16.6. The Labute approximate surface area is 237 Å². The van der Waals surface area contributed by atoms with E-state index in [0.717, 1.165) is 59.5 Å². The fourth-order valence-electron chi connectivity index (χ4n) is 5.79. The number of carbonyl (C=O) groups excluding carboxylic acids is 2. The van der Waals surface area contributed by atoms with Crippen molar-refractivity contribution in [3.8, 4) is 17.0 Å². The number of fused-ring (bicyclic) bond motifs is 3. The predicted molar refractivity (Wildman–Crippen MR) is 155 cm³/mol. The summed E-state index contributed by atoms with van der Waals surface area (Å²) in [5, 5.41) is 2.99. The normalized spacial score (nSPS) is 19.6. The molecule has 1 amide bonds. The van der Waals surface area contributed by atoms with Gasteiger partial charge >= 0.3 is 12.1 Å². The predicted octanol–water partition coefficient (Wildman–Crippen LogP) is 4.77. The van der Waals surface area contributed by atoms with Crippen LogP contribution in [0.15, 0.2) is 18.5 Å². The van der Waals surface area contributed by atoms with Gasteiger partial charge in [0.05, 0.1) is 24.1 Å². The molecule has 1 heterocycles. The quantitative estimate of drug-likeness (QED) is 0.466. The third kappa shape index (κ3) is 6.59. The van der Waals surface area contributed by atoms with E-state index in [9.17, 15) is 9.59 Å². The first-order valence-corrected chi connectivity index (χ1v) is 14.1. The number of esters is 1. The van der Waals surface area contributed by atoms with Gasteiger partial charge in [-0.3, -0.25) is 4.79 Å². The summed E-state index contributed by atoms with van der Waals surface area (Å²) in [6, 6.07) is 4.04. The molecule has 2 aromatic rings. The highest BCUT2D eigenvalue weighted by Crippen LogP contribution is 2.49. The third-order valence-corrected chi connectivity index (χ3v) is 7.41. The van der Waals surface area contributed by atoms with E-state index >= 15 is 0 Å². The van der Waals surface area contributed by atoms with E-state index in [-0.39, 0.29) is 36.2 Å². The van der Waals surface area contributed by atoms with Crippen LogP contribution in [0.3, 0.4) is 0 Å². The van der Waals surface area contributed by atoms with Gasteiger partial charge in [-0.1, -0.05) is 13.8 Å². The lowest BCUT2D eigenvalue weighted by atomic mass is 9.71. The van der Waals surface area contributed by atoms with Crippen molar-refractivity contribution in [1.82, 2.24) is 15.3 Å². The Morgan fingerprint density at radius 2 is 1.85 bits per heavy atom. The number of aromatic nitrogens is 2. The minimum atomic E-state index is -0.532. The molecule has 2 aliphatic carbocycles. The number of amides is 1. The number of likely N-dealkylation sites (N-methyl/N-ethyl adjacent to an activating group) is 1. The second-order valence-electron chi connectivity index (χ2n) is 12.4. The topological polar surface area (TPSA) is 129 Å². The lowest BCUT2D eigenvalue weighted by Crippen LogP contribution is -2.42. The zero-order chi connectivity index (χ0) is 29.2. The molecule has 0 spiro atoms. The van der Waals surface area contributed by atoms with E-state index in [1.807, 2.05) is 44.9 Å². The van der Waals surface area contributed by atoms with Gasteiger partial charge in [-0.15, -0.1) is 0 Å². The van der Waals surface area contributed by atoms with Crippen molar-refractivity contribution in [2.24, 2.45) is 0 Å². The molecule has 0 atom stereocenters. The second kappa shape index (κ2) is 11.5. The number of nitrogens with two attached hydrogens (primary N) is 1. The van der Waals surface area contributed by atoms with Crippen LogP contribution in [0.1, 0.15) is 78.4 Å². The van der Waals surface area contributed by atoms with E-state index in [2.05, 4.69) is 29.1 Å². The third-order valence-electron chi connectivity index (χ3n) is 7.41. The number of nitrogens with zero attached hydrogens (tertiary/aromatic N) is 3. The molecule has 1 saturated carbocycles. The van der Waals surface area contributed by atoms with Crippen LogP contribution in [0.25, 0.3) is 11.3 Å². The average Bonchev–Trinajstić information content (AvgIpc) is 2.83. The summed E-state index contributed by atoms with van der Waals surface area (Å²) in [6.45, 7) is 12.0. The van der Waals surface area contributed by atoms with Gasteiger partial charge in [0.2, 0.25) is 0 Å². The van der Waals surface area contributed by atoms with Crippen LogP contribution in [0.2, 0.25) is 0 Å². The lowest BCUT2D eigenvalue weighted by molar-refractivity contribution is -0.141. The van der Waals surface area contributed by atoms with Crippen molar-refractivity contribution in [2.75, 3.05) is 30.8 Å². The van der Waals surface area contributed by atoms with Gasteiger partial charge in [0, 0.05) is 24.2 Å². The summed E-state index contributed by atoms with van der Waals surface area (Å²) in [4.78, 5) is 35.5. The molecule has 2 aliphatic rings. The van der Waals surface area contributed by atoms with Crippen molar-refractivity contribution >= 4 is 23.6 Å². The van der Waals surface area contributed by atoms with Crippen LogP contribution in [0.4, 0.5) is 16.3 Å². The van der Waals surface area contributed by atoms with Crippen LogP contribution in [-0.4, -0.2) is 60.0 Å². The number of ether oxygens (including phenoxy) is 3. The van der Waals surface area contributed by atoms with Gasteiger partial charge in [-0.2, -0.15) is 0 Å². The number of alkyl carbamates (subject to hydrolysis) is 1. The zero-order valence-corrected chi connectivity index (χ0v) is 24.8. The molecule has 1 aromatic heterocycles. The zero-order valence-electron chi connectivity index (χ0n) is 24.8. The van der Waals surface area contributed by atoms with E-state index < -0.39 is 5.60 Å². The highest BCUT2D eigenvalue weighted by Gasteiger charge is 2.38. The Hall–Kier alpha value is -3.56. The average molecular weight is 554 g/mol. The maximum Gasteiger partial charge on any atom is 0.407 e. The van der Waals surface area contributed by atoms with E-state index in [4.69, 9.17) is 19.9 Å². The first-order chi connectivity index (χ1) is 18.8.